The van der Waals surface area contributed by atoms with Gasteiger partial charge in [0, 0.05) is 18.8 Å². The van der Waals surface area contributed by atoms with Crippen molar-refractivity contribution in [1.82, 2.24) is 9.80 Å². The maximum atomic E-state index is 13.7. The zero-order chi connectivity index (χ0) is 27.0. The van der Waals surface area contributed by atoms with Crippen molar-refractivity contribution in [3.8, 4) is 0 Å². The van der Waals surface area contributed by atoms with Crippen molar-refractivity contribution in [2.24, 2.45) is 0 Å². The molecule has 1 fully saturated rings. The molecule has 0 N–H and O–H groups in total. The van der Waals surface area contributed by atoms with Crippen LogP contribution >= 0.6 is 11.8 Å². The van der Waals surface area contributed by atoms with Crippen LogP contribution in [0.25, 0.3) is 0 Å². The Hall–Kier alpha value is -2.43. The summed E-state index contributed by atoms with van der Waals surface area (Å²) in [4.78, 5) is 16.3. The fourth-order valence-corrected chi connectivity index (χ4v) is 5.21. The van der Waals surface area contributed by atoms with Crippen molar-refractivity contribution in [3.63, 3.8) is 0 Å². The molecule has 1 aliphatic rings. The second-order valence-electron chi connectivity index (χ2n) is 9.00. The second-order valence-corrected chi connectivity index (χ2v) is 10.1. The molecular formula is C25H27F7N2OS. The van der Waals surface area contributed by atoms with E-state index >= 15 is 0 Å². The normalized spacial score (nSPS) is 19.8. The Balaban J connectivity index is 1.96. The molecule has 0 radical (unpaired) electrons. The van der Waals surface area contributed by atoms with Gasteiger partial charge < -0.3 is 9.80 Å². The van der Waals surface area contributed by atoms with Crippen molar-refractivity contribution in [1.29, 1.82) is 0 Å². The zero-order valence-corrected chi connectivity index (χ0v) is 21.0. The van der Waals surface area contributed by atoms with E-state index in [2.05, 4.69) is 0 Å². The van der Waals surface area contributed by atoms with E-state index in [1.165, 1.54) is 26.1 Å². The molecule has 1 heterocycles. The van der Waals surface area contributed by atoms with E-state index in [1.807, 2.05) is 6.26 Å². The first-order valence-corrected chi connectivity index (χ1v) is 12.5. The summed E-state index contributed by atoms with van der Waals surface area (Å²) in [5.41, 5.74) is -1.73. The van der Waals surface area contributed by atoms with Gasteiger partial charge in [0.05, 0.1) is 23.2 Å². The first-order valence-electron chi connectivity index (χ1n) is 11.2. The predicted octanol–water partition coefficient (Wildman–Crippen LogP) is 7.85. The monoisotopic (exact) mass is 536 g/mol. The van der Waals surface area contributed by atoms with Crippen molar-refractivity contribution < 1.29 is 35.5 Å². The molecule has 1 unspecified atom stereocenters. The molecule has 0 spiro atoms. The fraction of sp³-hybridized carbons (Fsp3) is 0.480. The highest BCUT2D eigenvalue weighted by Crippen LogP contribution is 2.40. The summed E-state index contributed by atoms with van der Waals surface area (Å²) in [5.74, 6) is -0.415. The Bertz CT molecular complexity index is 1070. The molecule has 3 nitrogen and oxygen atoms in total. The number of rotatable bonds is 4. The summed E-state index contributed by atoms with van der Waals surface area (Å²) in [6.07, 6.45) is -6.75. The van der Waals surface area contributed by atoms with Gasteiger partial charge in [-0.3, -0.25) is 0 Å². The maximum Gasteiger partial charge on any atom is 0.416 e. The van der Waals surface area contributed by atoms with Crippen LogP contribution in [-0.4, -0.2) is 40.9 Å². The molecule has 36 heavy (non-hydrogen) atoms. The van der Waals surface area contributed by atoms with Crippen LogP contribution in [0.5, 0.6) is 0 Å². The van der Waals surface area contributed by atoms with Gasteiger partial charge in [-0.25, -0.2) is 9.18 Å². The molecule has 0 aliphatic carbocycles. The Morgan fingerprint density at radius 1 is 1.06 bits per heavy atom. The molecule has 0 aromatic heterocycles. The molecule has 2 aromatic rings. The third kappa shape index (κ3) is 6.10. The van der Waals surface area contributed by atoms with Crippen LogP contribution in [0.15, 0.2) is 36.4 Å². The minimum Gasteiger partial charge on any atom is -0.321 e. The SMILES string of the molecule is CS[C@H]1CCN(C(=O)N(C)C(C)c2cc(C(F)(F)F)cc(C(F)(F)F)c2)[C@@H](c2ccc(F)cc2C)C1. The number of alkyl halides is 6. The highest BCUT2D eigenvalue weighted by atomic mass is 32.2. The first kappa shape index (κ1) is 28.1. The summed E-state index contributed by atoms with van der Waals surface area (Å²) in [6.45, 7) is 3.47. The maximum absolute atomic E-state index is 13.7. The Kier molecular flexibility index (Phi) is 8.22. The number of piperidine rings is 1. The summed E-state index contributed by atoms with van der Waals surface area (Å²) in [5, 5.41) is 0.240. The van der Waals surface area contributed by atoms with E-state index < -0.39 is 47.4 Å². The third-order valence-electron chi connectivity index (χ3n) is 6.70. The molecule has 1 saturated heterocycles. The number of nitrogens with zero attached hydrogens (tertiary/aromatic N) is 2. The summed E-state index contributed by atoms with van der Waals surface area (Å²) >= 11 is 1.65. The van der Waals surface area contributed by atoms with Crippen molar-refractivity contribution in [2.45, 2.75) is 56.4 Å². The summed E-state index contributed by atoms with van der Waals surface area (Å²) in [6, 6.07) is 3.64. The molecule has 0 bridgehead atoms. The molecule has 0 saturated carbocycles. The lowest BCUT2D eigenvalue weighted by Gasteiger charge is -2.42. The topological polar surface area (TPSA) is 23.6 Å². The van der Waals surface area contributed by atoms with E-state index in [1.54, 1.807) is 29.7 Å². The van der Waals surface area contributed by atoms with Gasteiger partial charge in [0.25, 0.3) is 0 Å². The van der Waals surface area contributed by atoms with Crippen molar-refractivity contribution in [3.05, 3.63) is 70.0 Å². The number of carbonyl (C=O) groups excluding carboxylic acids is 1. The zero-order valence-electron chi connectivity index (χ0n) is 20.2. The number of hydrogen-bond donors (Lipinski definition) is 0. The van der Waals surface area contributed by atoms with E-state index in [0.29, 0.717) is 37.1 Å². The number of benzene rings is 2. The van der Waals surface area contributed by atoms with Crippen LogP contribution in [0.4, 0.5) is 35.5 Å². The number of likely N-dealkylation sites (tertiary alicyclic amines) is 1. The second kappa shape index (κ2) is 10.5. The smallest absolute Gasteiger partial charge is 0.321 e. The van der Waals surface area contributed by atoms with Crippen LogP contribution in [0.1, 0.15) is 59.7 Å². The molecule has 2 aromatic carbocycles. The highest BCUT2D eigenvalue weighted by molar-refractivity contribution is 7.99. The highest BCUT2D eigenvalue weighted by Gasteiger charge is 2.39. The van der Waals surface area contributed by atoms with Gasteiger partial charge in [-0.05, 0) is 80.0 Å². The quantitative estimate of drug-likeness (QED) is 0.372. The Morgan fingerprint density at radius 2 is 1.64 bits per heavy atom. The molecular weight excluding hydrogens is 509 g/mol. The number of aryl methyl sites for hydroxylation is 1. The van der Waals surface area contributed by atoms with Gasteiger partial charge in [0.15, 0.2) is 0 Å². The number of hydrogen-bond acceptors (Lipinski definition) is 2. The van der Waals surface area contributed by atoms with Gasteiger partial charge in [-0.1, -0.05) is 6.07 Å². The molecule has 198 valence electrons. The number of thioether (sulfide) groups is 1. The minimum atomic E-state index is -4.98. The lowest BCUT2D eigenvalue weighted by atomic mass is 9.92. The van der Waals surface area contributed by atoms with Crippen LogP contribution in [0.2, 0.25) is 0 Å². The Labute approximate surface area is 209 Å². The van der Waals surface area contributed by atoms with Crippen LogP contribution in [-0.2, 0) is 12.4 Å². The van der Waals surface area contributed by atoms with E-state index in [9.17, 15) is 35.5 Å². The van der Waals surface area contributed by atoms with Gasteiger partial charge in [-0.15, -0.1) is 0 Å². The number of halogens is 7. The fourth-order valence-electron chi connectivity index (χ4n) is 4.50. The third-order valence-corrected chi connectivity index (χ3v) is 7.79. The van der Waals surface area contributed by atoms with Crippen LogP contribution in [0.3, 0.4) is 0 Å². The van der Waals surface area contributed by atoms with Crippen LogP contribution < -0.4 is 0 Å². The summed E-state index contributed by atoms with van der Waals surface area (Å²) in [7, 11) is 1.36. The average Bonchev–Trinajstić information content (AvgIpc) is 2.81. The number of carbonyl (C=O) groups is 1. The minimum absolute atomic E-state index is 0.0680. The first-order chi connectivity index (χ1) is 16.6. The van der Waals surface area contributed by atoms with Gasteiger partial charge in [-0.2, -0.15) is 38.1 Å². The van der Waals surface area contributed by atoms with Gasteiger partial charge in [0.1, 0.15) is 5.82 Å². The van der Waals surface area contributed by atoms with E-state index in [4.69, 9.17) is 0 Å². The lowest BCUT2D eigenvalue weighted by Crippen LogP contribution is -2.48. The lowest BCUT2D eigenvalue weighted by molar-refractivity contribution is -0.143. The Morgan fingerprint density at radius 3 is 2.14 bits per heavy atom. The van der Waals surface area contributed by atoms with Crippen molar-refractivity contribution in [2.75, 3.05) is 19.8 Å². The number of urea groups is 1. The van der Waals surface area contributed by atoms with Crippen molar-refractivity contribution >= 4 is 17.8 Å². The standard InChI is InChI=1S/C25H27F7N2OS/c1-14-9-19(26)5-6-21(14)22-13-20(36-4)7-8-34(22)23(35)33(3)15(2)16-10-17(24(27,28)29)12-18(11-16)25(30,31)32/h5-6,9-12,15,20,22H,7-8,13H2,1-4H3/t15?,20-,22+/m0/s1. The average molecular weight is 537 g/mol. The van der Waals surface area contributed by atoms with E-state index in [-0.39, 0.29) is 16.9 Å². The van der Waals surface area contributed by atoms with Crippen LogP contribution in [0, 0.1) is 12.7 Å². The largest absolute Gasteiger partial charge is 0.416 e. The predicted molar refractivity (Wildman–Crippen MR) is 125 cm³/mol. The summed E-state index contributed by atoms with van der Waals surface area (Å²) < 4.78 is 93.8. The molecule has 2 amide bonds. The molecule has 1 aliphatic heterocycles. The van der Waals surface area contributed by atoms with Gasteiger partial charge >= 0.3 is 18.4 Å². The van der Waals surface area contributed by atoms with E-state index in [0.717, 1.165) is 10.5 Å². The molecule has 3 atom stereocenters. The molecule has 11 heteroatoms. The molecule has 3 rings (SSSR count). The number of amides is 2. The van der Waals surface area contributed by atoms with Gasteiger partial charge in [0.2, 0.25) is 0 Å².